The molecule has 2 aromatic carbocycles. The van der Waals surface area contributed by atoms with E-state index in [1.54, 1.807) is 18.3 Å². The molecule has 0 spiro atoms. The number of piperidine rings is 1. The number of hydrogen-bond donors (Lipinski definition) is 1. The molecule has 41 heavy (non-hydrogen) atoms. The quantitative estimate of drug-likeness (QED) is 0.273. The van der Waals surface area contributed by atoms with Crippen LogP contribution in [-0.4, -0.2) is 40.4 Å². The minimum atomic E-state index is -0.807. The van der Waals surface area contributed by atoms with Gasteiger partial charge in [0, 0.05) is 42.0 Å². The predicted octanol–water partition coefficient (Wildman–Crippen LogP) is 7.37. The number of hydrogen-bond acceptors (Lipinski definition) is 5. The first-order chi connectivity index (χ1) is 19.9. The molecule has 5 nitrogen and oxygen atoms in total. The molecule has 0 bridgehead atoms. The Hall–Kier alpha value is -3.51. The van der Waals surface area contributed by atoms with Crippen LogP contribution in [-0.2, 0) is 17.0 Å². The third-order valence-corrected chi connectivity index (χ3v) is 8.13. The fourth-order valence-electron chi connectivity index (χ4n) is 5.48. The summed E-state index contributed by atoms with van der Waals surface area (Å²) in [4.78, 5) is 19.3. The first kappa shape index (κ1) is 29.0. The maximum atomic E-state index is 12.2. The molecule has 1 fully saturated rings. The fraction of sp³-hybridized carbons (Fsp3) is 0.314. The first-order valence-corrected chi connectivity index (χ1v) is 14.8. The second-order valence-corrected chi connectivity index (χ2v) is 11.2. The lowest BCUT2D eigenvalue weighted by Gasteiger charge is -2.38. The third-order valence-electron chi connectivity index (χ3n) is 7.87. The summed E-state index contributed by atoms with van der Waals surface area (Å²) in [5, 5.41) is 11.9. The van der Waals surface area contributed by atoms with E-state index in [9.17, 15) is 9.90 Å². The van der Waals surface area contributed by atoms with Crippen molar-refractivity contribution in [3.05, 3.63) is 118 Å². The number of halogens is 1. The number of ether oxygens (including phenoxy) is 1. The van der Waals surface area contributed by atoms with E-state index in [2.05, 4.69) is 35.0 Å². The number of nitrogens with zero attached hydrogens (tertiary/aromatic N) is 2. The van der Waals surface area contributed by atoms with Gasteiger partial charge in [-0.05, 0) is 84.9 Å². The molecule has 1 N–H and O–H groups in total. The Bertz CT molecular complexity index is 1450. The van der Waals surface area contributed by atoms with Gasteiger partial charge in [-0.3, -0.25) is 9.78 Å². The van der Waals surface area contributed by atoms with Crippen molar-refractivity contribution >= 4 is 29.0 Å². The van der Waals surface area contributed by atoms with Crippen LogP contribution in [0.15, 0.2) is 85.1 Å². The SMILES string of the molecule is CCC/C=C/C(=O)/C=C/c1ccc2c(c1)/C(=C/CCN1CCC(O)(c3ccc(Cl)cc3)CC1)c1cccnc1CO2. The topological polar surface area (TPSA) is 62.7 Å². The van der Waals surface area contributed by atoms with Crippen molar-refractivity contribution in [1.29, 1.82) is 0 Å². The Balaban J connectivity index is 1.32. The molecule has 0 radical (unpaired) electrons. The summed E-state index contributed by atoms with van der Waals surface area (Å²) in [6.07, 6.45) is 15.3. The van der Waals surface area contributed by atoms with E-state index in [-0.39, 0.29) is 5.78 Å². The monoisotopic (exact) mass is 568 g/mol. The van der Waals surface area contributed by atoms with E-state index in [1.807, 2.05) is 54.6 Å². The van der Waals surface area contributed by atoms with Crippen molar-refractivity contribution in [2.24, 2.45) is 0 Å². The van der Waals surface area contributed by atoms with Gasteiger partial charge in [-0.2, -0.15) is 0 Å². The molecule has 0 unspecified atom stereocenters. The van der Waals surface area contributed by atoms with Gasteiger partial charge in [0.05, 0.1) is 11.3 Å². The molecule has 0 aliphatic carbocycles. The Morgan fingerprint density at radius 2 is 1.88 bits per heavy atom. The van der Waals surface area contributed by atoms with Gasteiger partial charge in [-0.1, -0.05) is 67.4 Å². The van der Waals surface area contributed by atoms with E-state index >= 15 is 0 Å². The van der Waals surface area contributed by atoms with E-state index in [1.165, 1.54) is 0 Å². The standard InChI is InChI=1S/C35H37ClN2O3/c1-2-3-4-7-29(39)16-10-26-11-17-34-32(24-26)30(31-8-5-20-37-33(31)25-41-34)9-6-21-38-22-18-35(40,19-23-38)27-12-14-28(36)15-13-27/h4-5,7-17,20,24,40H,2-3,6,18-19,21-23,25H2,1H3/b7-4+,16-10+,30-9+. The molecule has 0 saturated carbocycles. The van der Waals surface area contributed by atoms with Gasteiger partial charge in [-0.25, -0.2) is 0 Å². The highest BCUT2D eigenvalue weighted by Gasteiger charge is 2.33. The summed E-state index contributed by atoms with van der Waals surface area (Å²) in [6, 6.07) is 17.7. The molecule has 2 aliphatic rings. The minimum absolute atomic E-state index is 0.0144. The van der Waals surface area contributed by atoms with Crippen molar-refractivity contribution in [1.82, 2.24) is 9.88 Å². The number of carbonyl (C=O) groups excluding carboxylic acids is 1. The van der Waals surface area contributed by atoms with Crippen LogP contribution in [0.25, 0.3) is 11.6 Å². The lowest BCUT2D eigenvalue weighted by molar-refractivity contribution is -0.110. The summed E-state index contributed by atoms with van der Waals surface area (Å²) < 4.78 is 6.17. The molecule has 2 aliphatic heterocycles. The Kier molecular flexibility index (Phi) is 9.50. The minimum Gasteiger partial charge on any atom is -0.487 e. The molecule has 0 atom stereocenters. The maximum absolute atomic E-state index is 12.2. The molecule has 3 aromatic rings. The van der Waals surface area contributed by atoms with Crippen molar-refractivity contribution < 1.29 is 14.6 Å². The van der Waals surface area contributed by atoms with E-state index < -0.39 is 5.60 Å². The van der Waals surface area contributed by atoms with Crippen molar-refractivity contribution in [2.45, 2.75) is 51.2 Å². The second-order valence-electron chi connectivity index (χ2n) is 10.8. The van der Waals surface area contributed by atoms with Crippen molar-refractivity contribution in [2.75, 3.05) is 19.6 Å². The number of aromatic nitrogens is 1. The number of benzene rings is 2. The first-order valence-electron chi connectivity index (χ1n) is 14.5. The van der Waals surface area contributed by atoms with Crippen molar-refractivity contribution in [3.63, 3.8) is 0 Å². The van der Waals surface area contributed by atoms with Gasteiger partial charge in [-0.15, -0.1) is 0 Å². The molecule has 3 heterocycles. The van der Waals surface area contributed by atoms with Gasteiger partial charge in [0.1, 0.15) is 12.4 Å². The predicted molar refractivity (Wildman–Crippen MR) is 166 cm³/mol. The number of allylic oxidation sites excluding steroid dienone is 3. The van der Waals surface area contributed by atoms with Gasteiger partial charge in [0.15, 0.2) is 5.78 Å². The van der Waals surface area contributed by atoms with E-state index in [4.69, 9.17) is 16.3 Å². The molecule has 0 amide bonds. The molecular formula is C35H37ClN2O3. The van der Waals surface area contributed by atoms with Crippen LogP contribution in [0.5, 0.6) is 5.75 Å². The number of aliphatic hydroxyl groups is 1. The highest BCUT2D eigenvalue weighted by atomic mass is 35.5. The second kappa shape index (κ2) is 13.4. The zero-order chi connectivity index (χ0) is 28.7. The van der Waals surface area contributed by atoms with E-state index in [0.717, 1.165) is 78.2 Å². The number of carbonyl (C=O) groups is 1. The average Bonchev–Trinajstić information content (AvgIpc) is 3.14. The number of fused-ring (bicyclic) bond motifs is 2. The van der Waals surface area contributed by atoms with Crippen LogP contribution in [0.4, 0.5) is 0 Å². The van der Waals surface area contributed by atoms with Crippen LogP contribution in [0.2, 0.25) is 5.02 Å². The Morgan fingerprint density at radius 1 is 1.07 bits per heavy atom. The smallest absolute Gasteiger partial charge is 0.178 e. The lowest BCUT2D eigenvalue weighted by atomic mass is 9.84. The van der Waals surface area contributed by atoms with Gasteiger partial charge in [0.2, 0.25) is 0 Å². The van der Waals surface area contributed by atoms with E-state index in [0.29, 0.717) is 24.5 Å². The lowest BCUT2D eigenvalue weighted by Crippen LogP contribution is -2.42. The maximum Gasteiger partial charge on any atom is 0.178 e. The van der Waals surface area contributed by atoms with Gasteiger partial charge >= 0.3 is 0 Å². The van der Waals surface area contributed by atoms with Crippen LogP contribution in [0.1, 0.15) is 67.0 Å². The summed E-state index contributed by atoms with van der Waals surface area (Å²) >= 11 is 6.05. The van der Waals surface area contributed by atoms with Crippen LogP contribution in [0, 0.1) is 0 Å². The number of unbranched alkanes of at least 4 members (excludes halogenated alkanes) is 1. The largest absolute Gasteiger partial charge is 0.487 e. The summed E-state index contributed by atoms with van der Waals surface area (Å²) in [7, 11) is 0. The molecular weight excluding hydrogens is 532 g/mol. The molecule has 1 aromatic heterocycles. The van der Waals surface area contributed by atoms with Crippen molar-refractivity contribution in [3.8, 4) is 5.75 Å². The normalized spacial score (nSPS) is 17.8. The summed E-state index contributed by atoms with van der Waals surface area (Å²) in [6.45, 7) is 5.05. The molecule has 5 rings (SSSR count). The molecule has 212 valence electrons. The Morgan fingerprint density at radius 3 is 2.66 bits per heavy atom. The summed E-state index contributed by atoms with van der Waals surface area (Å²) in [5.41, 5.74) is 5.16. The van der Waals surface area contributed by atoms with Gasteiger partial charge < -0.3 is 14.7 Å². The van der Waals surface area contributed by atoms with Crippen LogP contribution < -0.4 is 4.74 Å². The highest BCUT2D eigenvalue weighted by Crippen LogP contribution is 2.38. The molecule has 6 heteroatoms. The van der Waals surface area contributed by atoms with Crippen LogP contribution >= 0.6 is 11.6 Å². The number of pyridine rings is 1. The molecule has 1 saturated heterocycles. The number of likely N-dealkylation sites (tertiary alicyclic amines) is 1. The number of rotatable bonds is 9. The average molecular weight is 569 g/mol. The zero-order valence-corrected chi connectivity index (χ0v) is 24.3. The van der Waals surface area contributed by atoms with Crippen LogP contribution in [0.3, 0.4) is 0 Å². The summed E-state index contributed by atoms with van der Waals surface area (Å²) in [5.74, 6) is 0.797. The Labute approximate surface area is 247 Å². The fourth-order valence-corrected chi connectivity index (χ4v) is 5.61. The highest BCUT2D eigenvalue weighted by molar-refractivity contribution is 6.30. The van der Waals surface area contributed by atoms with Gasteiger partial charge in [0.25, 0.3) is 0 Å². The number of ketones is 1. The zero-order valence-electron chi connectivity index (χ0n) is 23.6. The third kappa shape index (κ3) is 7.23.